The summed E-state index contributed by atoms with van der Waals surface area (Å²) in [5, 5.41) is 2.89. The Hall–Kier alpha value is -2.36. The number of carbonyl (C=O) groups is 1. The predicted octanol–water partition coefficient (Wildman–Crippen LogP) is 3.01. The lowest BCUT2D eigenvalue weighted by Crippen LogP contribution is -2.33. The molecule has 0 spiro atoms. The number of nitrogens with one attached hydrogen (secondary N) is 1. The van der Waals surface area contributed by atoms with Crippen molar-refractivity contribution in [3.63, 3.8) is 0 Å². The highest BCUT2D eigenvalue weighted by molar-refractivity contribution is 5.76. The first-order chi connectivity index (χ1) is 10.6. The number of nitrogens with zero attached hydrogens (tertiary/aromatic N) is 1. The molecule has 2 aromatic carbocycles. The summed E-state index contributed by atoms with van der Waals surface area (Å²) in [6.07, 6.45) is 0.927. The Morgan fingerprint density at radius 1 is 1.14 bits per heavy atom. The number of amides is 1. The van der Waals surface area contributed by atoms with Crippen molar-refractivity contribution < 1.29 is 9.18 Å². The smallest absolute Gasteiger partial charge is 0.220 e. The molecule has 1 amide bonds. The van der Waals surface area contributed by atoms with Crippen LogP contribution in [0.15, 0.2) is 54.6 Å². The molecule has 0 aliphatic heterocycles. The molecule has 4 heteroatoms. The Labute approximate surface area is 130 Å². The zero-order valence-electron chi connectivity index (χ0n) is 12.8. The van der Waals surface area contributed by atoms with Gasteiger partial charge in [0.1, 0.15) is 5.82 Å². The Kier molecular flexibility index (Phi) is 5.95. The van der Waals surface area contributed by atoms with Crippen molar-refractivity contribution in [2.24, 2.45) is 0 Å². The summed E-state index contributed by atoms with van der Waals surface area (Å²) >= 11 is 0. The van der Waals surface area contributed by atoms with Crippen molar-refractivity contribution in [2.75, 3.05) is 25.0 Å². The number of hydrogen-bond acceptors (Lipinski definition) is 2. The Bertz CT molecular complexity index is 601. The fourth-order valence-corrected chi connectivity index (χ4v) is 2.21. The number of para-hydroxylation sites is 1. The van der Waals surface area contributed by atoms with E-state index in [2.05, 4.69) is 10.2 Å². The first kappa shape index (κ1) is 16.0. The second-order valence-electron chi connectivity index (χ2n) is 5.24. The van der Waals surface area contributed by atoms with Crippen LogP contribution in [0.1, 0.15) is 12.0 Å². The molecule has 0 saturated carbocycles. The highest BCUT2D eigenvalue weighted by atomic mass is 19.1. The highest BCUT2D eigenvalue weighted by Crippen LogP contribution is 2.10. The zero-order chi connectivity index (χ0) is 15.8. The van der Waals surface area contributed by atoms with Crippen LogP contribution in [0.4, 0.5) is 10.1 Å². The first-order valence-electron chi connectivity index (χ1n) is 7.42. The van der Waals surface area contributed by atoms with Gasteiger partial charge >= 0.3 is 0 Å². The minimum Gasteiger partial charge on any atom is -0.373 e. The molecule has 0 aromatic heterocycles. The molecule has 0 aliphatic rings. The number of benzene rings is 2. The van der Waals surface area contributed by atoms with Gasteiger partial charge in [0.15, 0.2) is 0 Å². The first-order valence-corrected chi connectivity index (χ1v) is 7.42. The normalized spacial score (nSPS) is 10.3. The monoisotopic (exact) mass is 300 g/mol. The van der Waals surface area contributed by atoms with Crippen LogP contribution in [-0.2, 0) is 11.2 Å². The fourth-order valence-electron chi connectivity index (χ4n) is 2.21. The third-order valence-corrected chi connectivity index (χ3v) is 3.50. The van der Waals surface area contributed by atoms with Gasteiger partial charge in [-0.2, -0.15) is 0 Å². The molecule has 0 bridgehead atoms. The molecule has 0 saturated heterocycles. The predicted molar refractivity (Wildman–Crippen MR) is 87.4 cm³/mol. The van der Waals surface area contributed by atoms with Gasteiger partial charge in [-0.3, -0.25) is 4.79 Å². The maximum atomic E-state index is 13.0. The molecule has 0 unspecified atom stereocenters. The van der Waals surface area contributed by atoms with E-state index in [4.69, 9.17) is 0 Å². The number of halogens is 1. The zero-order valence-corrected chi connectivity index (χ0v) is 12.8. The van der Waals surface area contributed by atoms with Gasteiger partial charge in [-0.1, -0.05) is 30.3 Å². The van der Waals surface area contributed by atoms with E-state index in [1.54, 1.807) is 6.07 Å². The van der Waals surface area contributed by atoms with E-state index in [1.165, 1.54) is 12.1 Å². The van der Waals surface area contributed by atoms with E-state index in [0.717, 1.165) is 17.8 Å². The van der Waals surface area contributed by atoms with Crippen LogP contribution in [-0.4, -0.2) is 26.0 Å². The van der Waals surface area contributed by atoms with Crippen molar-refractivity contribution in [3.8, 4) is 0 Å². The lowest BCUT2D eigenvalue weighted by Gasteiger charge is -2.19. The minimum absolute atomic E-state index is 0.00859. The summed E-state index contributed by atoms with van der Waals surface area (Å²) in [7, 11) is 1.99. The van der Waals surface area contributed by atoms with Crippen LogP contribution >= 0.6 is 0 Å². The largest absolute Gasteiger partial charge is 0.373 e. The topological polar surface area (TPSA) is 32.3 Å². The van der Waals surface area contributed by atoms with E-state index in [-0.39, 0.29) is 11.7 Å². The van der Waals surface area contributed by atoms with E-state index in [9.17, 15) is 9.18 Å². The van der Waals surface area contributed by atoms with Crippen LogP contribution in [0.25, 0.3) is 0 Å². The summed E-state index contributed by atoms with van der Waals surface area (Å²) < 4.78 is 13.0. The third kappa shape index (κ3) is 5.20. The van der Waals surface area contributed by atoms with Crippen LogP contribution < -0.4 is 10.2 Å². The fraction of sp³-hybridized carbons (Fsp3) is 0.278. The standard InChI is InChI=1S/C18H21FN2O/c1-21(17-8-3-2-4-9-17)13-12-20-18(22)11-10-15-6-5-7-16(19)14-15/h2-9,14H,10-13H2,1H3,(H,20,22). The van der Waals surface area contributed by atoms with Crippen molar-refractivity contribution in [3.05, 3.63) is 66.0 Å². The number of likely N-dealkylation sites (N-methyl/N-ethyl adjacent to an activating group) is 1. The molecular weight excluding hydrogens is 279 g/mol. The van der Waals surface area contributed by atoms with Crippen LogP contribution in [0, 0.1) is 5.82 Å². The lowest BCUT2D eigenvalue weighted by atomic mass is 10.1. The Balaban J connectivity index is 1.68. The summed E-state index contributed by atoms with van der Waals surface area (Å²) in [5.74, 6) is -0.270. The maximum Gasteiger partial charge on any atom is 0.220 e. The van der Waals surface area contributed by atoms with Crippen molar-refractivity contribution in [2.45, 2.75) is 12.8 Å². The molecule has 116 valence electrons. The second kappa shape index (κ2) is 8.17. The van der Waals surface area contributed by atoms with E-state index in [1.807, 2.05) is 43.4 Å². The van der Waals surface area contributed by atoms with Crippen LogP contribution in [0.2, 0.25) is 0 Å². The molecule has 3 nitrogen and oxygen atoms in total. The van der Waals surface area contributed by atoms with Crippen molar-refractivity contribution in [1.29, 1.82) is 0 Å². The average molecular weight is 300 g/mol. The number of anilines is 1. The van der Waals surface area contributed by atoms with Gasteiger partial charge < -0.3 is 10.2 Å². The number of hydrogen-bond donors (Lipinski definition) is 1. The van der Waals surface area contributed by atoms with E-state index < -0.39 is 0 Å². The Morgan fingerprint density at radius 3 is 2.64 bits per heavy atom. The molecule has 0 aliphatic carbocycles. The van der Waals surface area contributed by atoms with Gasteiger partial charge in [0.2, 0.25) is 5.91 Å². The molecule has 0 radical (unpaired) electrons. The maximum absolute atomic E-state index is 13.0. The number of carbonyl (C=O) groups excluding carboxylic acids is 1. The molecule has 0 heterocycles. The van der Waals surface area contributed by atoms with Crippen molar-refractivity contribution >= 4 is 11.6 Å². The Morgan fingerprint density at radius 2 is 1.91 bits per heavy atom. The molecular formula is C18H21FN2O. The lowest BCUT2D eigenvalue weighted by molar-refractivity contribution is -0.120. The van der Waals surface area contributed by atoms with E-state index in [0.29, 0.717) is 19.4 Å². The summed E-state index contributed by atoms with van der Waals surface area (Å²) in [6, 6.07) is 16.4. The number of aryl methyl sites for hydroxylation is 1. The molecule has 2 aromatic rings. The van der Waals surface area contributed by atoms with Gasteiger partial charge in [0.05, 0.1) is 0 Å². The molecule has 0 atom stereocenters. The second-order valence-corrected chi connectivity index (χ2v) is 5.24. The molecule has 22 heavy (non-hydrogen) atoms. The highest BCUT2D eigenvalue weighted by Gasteiger charge is 2.04. The van der Waals surface area contributed by atoms with Crippen LogP contribution in [0.3, 0.4) is 0 Å². The molecule has 0 fully saturated rings. The third-order valence-electron chi connectivity index (χ3n) is 3.50. The van der Waals surface area contributed by atoms with Crippen LogP contribution in [0.5, 0.6) is 0 Å². The quantitative estimate of drug-likeness (QED) is 0.852. The van der Waals surface area contributed by atoms with E-state index >= 15 is 0 Å². The van der Waals surface area contributed by atoms with Crippen molar-refractivity contribution in [1.82, 2.24) is 5.32 Å². The minimum atomic E-state index is -0.262. The average Bonchev–Trinajstić information content (AvgIpc) is 2.54. The van der Waals surface area contributed by atoms with Gasteiger partial charge in [0, 0.05) is 32.2 Å². The van der Waals surface area contributed by atoms with Gasteiger partial charge in [-0.05, 0) is 36.2 Å². The SMILES string of the molecule is CN(CCNC(=O)CCc1cccc(F)c1)c1ccccc1. The molecule has 2 rings (SSSR count). The van der Waals surface area contributed by atoms with Gasteiger partial charge in [0.25, 0.3) is 0 Å². The molecule has 1 N–H and O–H groups in total. The summed E-state index contributed by atoms with van der Waals surface area (Å²) in [6.45, 7) is 1.34. The summed E-state index contributed by atoms with van der Waals surface area (Å²) in [4.78, 5) is 13.9. The van der Waals surface area contributed by atoms with Gasteiger partial charge in [-0.15, -0.1) is 0 Å². The number of rotatable bonds is 7. The summed E-state index contributed by atoms with van der Waals surface area (Å²) in [5.41, 5.74) is 1.97. The van der Waals surface area contributed by atoms with Gasteiger partial charge in [-0.25, -0.2) is 4.39 Å².